The summed E-state index contributed by atoms with van der Waals surface area (Å²) in [5.74, 6) is -0.0915. The second-order valence-corrected chi connectivity index (χ2v) is 6.42. The number of hydrogen-bond donors (Lipinski definition) is 3. The van der Waals surface area contributed by atoms with Gasteiger partial charge in [0.2, 0.25) is 0 Å². The van der Waals surface area contributed by atoms with E-state index in [1.807, 2.05) is 30.3 Å². The van der Waals surface area contributed by atoms with Gasteiger partial charge in [0.05, 0.1) is 12.0 Å². The molecule has 8 heteroatoms. The number of nitrogens with zero attached hydrogens (tertiary/aromatic N) is 2. The lowest BCUT2D eigenvalue weighted by molar-refractivity contribution is 0.0902. The average molecular weight is 386 g/mol. The van der Waals surface area contributed by atoms with Gasteiger partial charge in [0, 0.05) is 10.7 Å². The van der Waals surface area contributed by atoms with Gasteiger partial charge >= 0.3 is 0 Å². The molecule has 0 saturated heterocycles. The highest BCUT2D eigenvalue weighted by Gasteiger charge is 2.21. The van der Waals surface area contributed by atoms with Crippen LogP contribution in [-0.2, 0) is 6.42 Å². The minimum Gasteiger partial charge on any atom is -0.383 e. The number of aromatic nitrogens is 2. The second-order valence-electron chi connectivity index (χ2n) is 5.57. The molecule has 132 valence electrons. The maximum absolute atomic E-state index is 12.5. The van der Waals surface area contributed by atoms with Crippen molar-refractivity contribution in [3.05, 3.63) is 70.7 Å². The van der Waals surface area contributed by atoms with E-state index < -0.39 is 0 Å². The lowest BCUT2D eigenvalue weighted by Gasteiger charge is -2.08. The van der Waals surface area contributed by atoms with Crippen molar-refractivity contribution in [2.75, 3.05) is 16.8 Å². The summed E-state index contributed by atoms with van der Waals surface area (Å²) in [6.45, 7) is 0. The molecule has 0 aliphatic carbocycles. The van der Waals surface area contributed by atoms with E-state index in [0.717, 1.165) is 15.9 Å². The lowest BCUT2D eigenvalue weighted by atomic mass is 10.1. The molecule has 0 aliphatic heterocycles. The molecule has 0 fully saturated rings. The summed E-state index contributed by atoms with van der Waals surface area (Å²) in [7, 11) is 0. The Morgan fingerprint density at radius 2 is 1.77 bits per heavy atom. The molecule has 3 rings (SSSR count). The summed E-state index contributed by atoms with van der Waals surface area (Å²) in [5, 5.41) is 7.68. The Bertz CT molecular complexity index is 954. The molecule has 1 aromatic heterocycles. The zero-order chi connectivity index (χ0) is 18.7. The largest absolute Gasteiger partial charge is 0.383 e. The molecule has 5 N–H and O–H groups in total. The Labute approximate surface area is 160 Å². The predicted molar refractivity (Wildman–Crippen MR) is 109 cm³/mol. The van der Waals surface area contributed by atoms with Crippen LogP contribution in [-0.4, -0.2) is 20.7 Å². The molecular formula is C18H16ClN5OS. The molecule has 0 spiro atoms. The average Bonchev–Trinajstić information content (AvgIpc) is 2.92. The molecule has 3 aromatic rings. The van der Waals surface area contributed by atoms with Crippen LogP contribution in [0.3, 0.4) is 0 Å². The van der Waals surface area contributed by atoms with Crippen molar-refractivity contribution in [1.82, 2.24) is 9.78 Å². The number of nitrogens with two attached hydrogens (primary N) is 2. The van der Waals surface area contributed by atoms with Crippen LogP contribution in [0.1, 0.15) is 15.9 Å². The van der Waals surface area contributed by atoms with Crippen molar-refractivity contribution in [3.8, 4) is 0 Å². The first-order valence-corrected chi connectivity index (χ1v) is 8.52. The van der Waals surface area contributed by atoms with E-state index in [4.69, 9.17) is 35.3 Å². The Hall–Kier alpha value is -2.90. The van der Waals surface area contributed by atoms with Gasteiger partial charge < -0.3 is 16.8 Å². The van der Waals surface area contributed by atoms with Crippen LogP contribution < -0.4 is 16.8 Å². The summed E-state index contributed by atoms with van der Waals surface area (Å²) >= 11 is 11.2. The summed E-state index contributed by atoms with van der Waals surface area (Å²) in [4.78, 5) is 12.8. The van der Waals surface area contributed by atoms with Gasteiger partial charge in [-0.25, -0.2) is 0 Å². The number of nitrogens with one attached hydrogen (secondary N) is 1. The summed E-state index contributed by atoms with van der Waals surface area (Å²) in [5.41, 5.74) is 13.9. The van der Waals surface area contributed by atoms with Crippen molar-refractivity contribution in [2.45, 2.75) is 6.42 Å². The van der Waals surface area contributed by atoms with Gasteiger partial charge in [-0.15, -0.1) is 5.10 Å². The minimum absolute atomic E-state index is 0.0929. The highest BCUT2D eigenvalue weighted by molar-refractivity contribution is 7.81. The van der Waals surface area contributed by atoms with Gasteiger partial charge in [0.25, 0.3) is 5.91 Å². The first kappa shape index (κ1) is 17.9. The van der Waals surface area contributed by atoms with Gasteiger partial charge in [-0.3, -0.25) is 4.79 Å². The molecule has 0 bridgehead atoms. The normalized spacial score (nSPS) is 10.5. The Kier molecular flexibility index (Phi) is 5.20. The SMILES string of the molecule is Nc1nn(C(=O)Cc2ccccc2)c(N)c1C(=S)Nc1ccc(Cl)cc1. The third-order valence-corrected chi connectivity index (χ3v) is 4.27. The Morgan fingerprint density at radius 1 is 1.12 bits per heavy atom. The van der Waals surface area contributed by atoms with Gasteiger partial charge in [-0.2, -0.15) is 4.68 Å². The standard InChI is InChI=1S/C18H16ClN5OS/c19-12-6-8-13(9-7-12)22-18(26)15-16(20)23-24(17(15)21)14(25)10-11-4-2-1-3-5-11/h1-9H,10,21H2,(H2,20,23)(H,22,26). The van der Waals surface area contributed by atoms with Crippen LogP contribution in [0.4, 0.5) is 17.3 Å². The van der Waals surface area contributed by atoms with Gasteiger partial charge in [0.1, 0.15) is 10.8 Å². The number of rotatable bonds is 4. The number of halogens is 1. The maximum Gasteiger partial charge on any atom is 0.253 e. The first-order valence-electron chi connectivity index (χ1n) is 7.73. The van der Waals surface area contributed by atoms with Crippen LogP contribution in [0, 0.1) is 0 Å². The predicted octanol–water partition coefficient (Wildman–Crippen LogP) is 3.37. The highest BCUT2D eigenvalue weighted by atomic mass is 35.5. The minimum atomic E-state index is -0.291. The van der Waals surface area contributed by atoms with Crippen LogP contribution in [0.2, 0.25) is 5.02 Å². The zero-order valence-corrected chi connectivity index (χ0v) is 15.2. The first-order chi connectivity index (χ1) is 12.5. The molecular weight excluding hydrogens is 370 g/mol. The summed E-state index contributed by atoms with van der Waals surface area (Å²) in [6.07, 6.45) is 0.156. The number of carbonyl (C=O) groups is 1. The van der Waals surface area contributed by atoms with Crippen LogP contribution >= 0.6 is 23.8 Å². The van der Waals surface area contributed by atoms with E-state index in [1.54, 1.807) is 24.3 Å². The number of benzene rings is 2. The van der Waals surface area contributed by atoms with Gasteiger partial charge in [-0.05, 0) is 29.8 Å². The molecule has 0 unspecified atom stereocenters. The molecule has 0 saturated carbocycles. The highest BCUT2D eigenvalue weighted by Crippen LogP contribution is 2.23. The fraction of sp³-hybridized carbons (Fsp3) is 0.0556. The van der Waals surface area contributed by atoms with Crippen molar-refractivity contribution in [3.63, 3.8) is 0 Å². The molecule has 2 aromatic carbocycles. The monoisotopic (exact) mass is 385 g/mol. The molecule has 0 atom stereocenters. The topological polar surface area (TPSA) is 99.0 Å². The summed E-state index contributed by atoms with van der Waals surface area (Å²) < 4.78 is 1.09. The fourth-order valence-corrected chi connectivity index (χ4v) is 2.90. The number of thiocarbonyl (C=S) groups is 1. The molecule has 0 aliphatic rings. The number of nitrogen functional groups attached to an aromatic ring is 2. The smallest absolute Gasteiger partial charge is 0.253 e. The molecule has 26 heavy (non-hydrogen) atoms. The van der Waals surface area contributed by atoms with Crippen LogP contribution in [0.15, 0.2) is 54.6 Å². The maximum atomic E-state index is 12.5. The fourth-order valence-electron chi connectivity index (χ4n) is 2.44. The van der Waals surface area contributed by atoms with Crippen molar-refractivity contribution in [2.24, 2.45) is 0 Å². The molecule has 0 amide bonds. The van der Waals surface area contributed by atoms with E-state index in [1.165, 1.54) is 0 Å². The van der Waals surface area contributed by atoms with Crippen LogP contribution in [0.5, 0.6) is 0 Å². The van der Waals surface area contributed by atoms with E-state index in [0.29, 0.717) is 10.6 Å². The Balaban J connectivity index is 1.82. The van der Waals surface area contributed by atoms with Crippen LogP contribution in [0.25, 0.3) is 0 Å². The third kappa shape index (κ3) is 3.84. The quantitative estimate of drug-likeness (QED) is 0.595. The lowest BCUT2D eigenvalue weighted by Crippen LogP contribution is -2.19. The van der Waals surface area contributed by atoms with Crippen molar-refractivity contribution in [1.29, 1.82) is 0 Å². The zero-order valence-electron chi connectivity index (χ0n) is 13.6. The second kappa shape index (κ2) is 7.55. The molecule has 6 nitrogen and oxygen atoms in total. The van der Waals surface area contributed by atoms with Gasteiger partial charge in [0.15, 0.2) is 5.82 Å². The van der Waals surface area contributed by atoms with Gasteiger partial charge in [-0.1, -0.05) is 54.2 Å². The molecule has 1 heterocycles. The van der Waals surface area contributed by atoms with Crippen molar-refractivity contribution >= 4 is 52.0 Å². The van der Waals surface area contributed by atoms with Crippen molar-refractivity contribution < 1.29 is 4.79 Å². The Morgan fingerprint density at radius 3 is 2.42 bits per heavy atom. The van der Waals surface area contributed by atoms with E-state index >= 15 is 0 Å². The third-order valence-electron chi connectivity index (χ3n) is 3.71. The number of hydrogen-bond acceptors (Lipinski definition) is 5. The van der Waals surface area contributed by atoms with E-state index in [9.17, 15) is 4.79 Å². The van der Waals surface area contributed by atoms with E-state index in [2.05, 4.69) is 10.4 Å². The summed E-state index contributed by atoms with van der Waals surface area (Å²) in [6, 6.07) is 16.3. The molecule has 0 radical (unpaired) electrons. The number of carbonyl (C=O) groups excluding carboxylic acids is 1. The van der Waals surface area contributed by atoms with E-state index in [-0.39, 0.29) is 29.0 Å². The number of anilines is 3.